The maximum atomic E-state index is 12.0. The highest BCUT2D eigenvalue weighted by atomic mass is 35.5. The van der Waals surface area contributed by atoms with Crippen LogP contribution in [0, 0.1) is 12.8 Å². The zero-order valence-electron chi connectivity index (χ0n) is 11.1. The van der Waals surface area contributed by atoms with E-state index in [1.165, 1.54) is 0 Å². The van der Waals surface area contributed by atoms with Gasteiger partial charge in [-0.15, -0.1) is 11.6 Å². The van der Waals surface area contributed by atoms with Gasteiger partial charge in [-0.3, -0.25) is 9.59 Å². The molecule has 1 unspecified atom stereocenters. The minimum absolute atomic E-state index is 0.0720. The molecule has 1 atom stereocenters. The average molecular weight is 281 g/mol. The zero-order valence-corrected chi connectivity index (χ0v) is 11.8. The van der Waals surface area contributed by atoms with Gasteiger partial charge in [0.25, 0.3) is 5.91 Å². The SMILES string of the molecule is CNC(=O)c1cccc(N2CC(CCl)CC2=O)c1C. The lowest BCUT2D eigenvalue weighted by Crippen LogP contribution is -2.27. The minimum Gasteiger partial charge on any atom is -0.355 e. The predicted molar refractivity (Wildman–Crippen MR) is 75.7 cm³/mol. The zero-order chi connectivity index (χ0) is 14.0. The van der Waals surface area contributed by atoms with Crippen LogP contribution in [0.1, 0.15) is 22.3 Å². The van der Waals surface area contributed by atoms with Crippen LogP contribution in [0.3, 0.4) is 0 Å². The second kappa shape index (κ2) is 5.61. The summed E-state index contributed by atoms with van der Waals surface area (Å²) in [7, 11) is 1.60. The van der Waals surface area contributed by atoms with Crippen LogP contribution < -0.4 is 10.2 Å². The standard InChI is InChI=1S/C14H17ClN2O2/c1-9-11(14(19)16-2)4-3-5-12(9)17-8-10(7-15)6-13(17)18/h3-5,10H,6-8H2,1-2H3,(H,16,19). The number of hydrogen-bond acceptors (Lipinski definition) is 2. The van der Waals surface area contributed by atoms with Crippen molar-refractivity contribution in [1.82, 2.24) is 5.32 Å². The van der Waals surface area contributed by atoms with Crippen molar-refractivity contribution >= 4 is 29.1 Å². The smallest absolute Gasteiger partial charge is 0.251 e. The molecule has 5 heteroatoms. The molecule has 1 aliphatic heterocycles. The lowest BCUT2D eigenvalue weighted by atomic mass is 10.1. The average Bonchev–Trinajstić information content (AvgIpc) is 2.79. The first kappa shape index (κ1) is 13.9. The van der Waals surface area contributed by atoms with Gasteiger partial charge in [0.15, 0.2) is 0 Å². The third-order valence-corrected chi connectivity index (χ3v) is 3.93. The van der Waals surface area contributed by atoms with E-state index in [0.717, 1.165) is 11.3 Å². The van der Waals surface area contributed by atoms with Gasteiger partial charge in [-0.05, 0) is 30.5 Å². The number of carbonyl (C=O) groups is 2. The van der Waals surface area contributed by atoms with Crippen LogP contribution in [-0.2, 0) is 4.79 Å². The number of rotatable bonds is 3. The number of nitrogens with zero attached hydrogens (tertiary/aromatic N) is 1. The van der Waals surface area contributed by atoms with Crippen molar-refractivity contribution in [3.05, 3.63) is 29.3 Å². The highest BCUT2D eigenvalue weighted by Crippen LogP contribution is 2.29. The van der Waals surface area contributed by atoms with Crippen molar-refractivity contribution < 1.29 is 9.59 Å². The van der Waals surface area contributed by atoms with E-state index in [1.54, 1.807) is 24.1 Å². The summed E-state index contributed by atoms with van der Waals surface area (Å²) >= 11 is 5.83. The molecule has 102 valence electrons. The minimum atomic E-state index is -0.139. The number of anilines is 1. The maximum Gasteiger partial charge on any atom is 0.251 e. The van der Waals surface area contributed by atoms with Gasteiger partial charge in [0.05, 0.1) is 0 Å². The Morgan fingerprint density at radius 3 is 2.84 bits per heavy atom. The molecule has 2 amide bonds. The van der Waals surface area contributed by atoms with Crippen molar-refractivity contribution in [2.24, 2.45) is 5.92 Å². The Balaban J connectivity index is 2.36. The summed E-state index contributed by atoms with van der Waals surface area (Å²) in [6.07, 6.45) is 0.479. The molecule has 0 spiro atoms. The van der Waals surface area contributed by atoms with E-state index in [-0.39, 0.29) is 17.7 Å². The van der Waals surface area contributed by atoms with Gasteiger partial charge in [-0.1, -0.05) is 6.07 Å². The largest absolute Gasteiger partial charge is 0.355 e. The number of alkyl halides is 1. The van der Waals surface area contributed by atoms with Gasteiger partial charge < -0.3 is 10.2 Å². The molecule has 0 aromatic heterocycles. The summed E-state index contributed by atoms with van der Waals surface area (Å²) in [5.74, 6) is 0.607. The Morgan fingerprint density at radius 2 is 2.26 bits per heavy atom. The molecule has 1 aromatic rings. The van der Waals surface area contributed by atoms with Crippen molar-refractivity contribution in [1.29, 1.82) is 0 Å². The van der Waals surface area contributed by atoms with Crippen LogP contribution in [0.4, 0.5) is 5.69 Å². The number of halogens is 1. The molecule has 1 aliphatic rings. The van der Waals surface area contributed by atoms with E-state index in [4.69, 9.17) is 11.6 Å². The van der Waals surface area contributed by atoms with Crippen molar-refractivity contribution in [3.63, 3.8) is 0 Å². The summed E-state index contributed by atoms with van der Waals surface area (Å²) in [5, 5.41) is 2.61. The van der Waals surface area contributed by atoms with E-state index in [2.05, 4.69) is 5.32 Å². The van der Waals surface area contributed by atoms with Gasteiger partial charge in [0, 0.05) is 37.1 Å². The highest BCUT2D eigenvalue weighted by molar-refractivity contribution is 6.18. The molecule has 1 fully saturated rings. The molecule has 1 heterocycles. The van der Waals surface area contributed by atoms with Gasteiger partial charge in [0.1, 0.15) is 0 Å². The summed E-state index contributed by atoms with van der Waals surface area (Å²) < 4.78 is 0. The van der Waals surface area contributed by atoms with Gasteiger partial charge in [-0.2, -0.15) is 0 Å². The molecule has 19 heavy (non-hydrogen) atoms. The van der Waals surface area contributed by atoms with Gasteiger partial charge >= 0.3 is 0 Å². The lowest BCUT2D eigenvalue weighted by molar-refractivity contribution is -0.117. The normalized spacial score (nSPS) is 18.8. The Morgan fingerprint density at radius 1 is 1.53 bits per heavy atom. The van der Waals surface area contributed by atoms with Crippen LogP contribution in [-0.4, -0.2) is 31.3 Å². The molecule has 4 nitrogen and oxygen atoms in total. The molecule has 2 rings (SSSR count). The Hall–Kier alpha value is -1.55. The number of hydrogen-bond donors (Lipinski definition) is 1. The van der Waals surface area contributed by atoms with Crippen LogP contribution in [0.5, 0.6) is 0 Å². The molecule has 1 N–H and O–H groups in total. The fraction of sp³-hybridized carbons (Fsp3) is 0.429. The quantitative estimate of drug-likeness (QED) is 0.861. The van der Waals surface area contributed by atoms with Crippen molar-refractivity contribution in [3.8, 4) is 0 Å². The third-order valence-electron chi connectivity index (χ3n) is 3.49. The second-order valence-electron chi connectivity index (χ2n) is 4.76. The van der Waals surface area contributed by atoms with E-state index >= 15 is 0 Å². The third kappa shape index (κ3) is 2.59. The molecule has 0 saturated carbocycles. The van der Waals surface area contributed by atoms with Crippen LogP contribution in [0.15, 0.2) is 18.2 Å². The summed E-state index contributed by atoms with van der Waals surface area (Å²) in [6.45, 7) is 2.49. The molecular formula is C14H17ClN2O2. The monoisotopic (exact) mass is 280 g/mol. The first-order valence-electron chi connectivity index (χ1n) is 6.26. The molecule has 0 bridgehead atoms. The van der Waals surface area contributed by atoms with Crippen LogP contribution in [0.2, 0.25) is 0 Å². The summed E-state index contributed by atoms with van der Waals surface area (Å²) in [6, 6.07) is 5.43. The van der Waals surface area contributed by atoms with Gasteiger partial charge in [0.2, 0.25) is 5.91 Å². The van der Waals surface area contributed by atoms with E-state index in [9.17, 15) is 9.59 Å². The summed E-state index contributed by atoms with van der Waals surface area (Å²) in [4.78, 5) is 25.5. The number of benzene rings is 1. The molecule has 0 aliphatic carbocycles. The number of carbonyl (C=O) groups excluding carboxylic acids is 2. The lowest BCUT2D eigenvalue weighted by Gasteiger charge is -2.20. The van der Waals surface area contributed by atoms with Crippen LogP contribution >= 0.6 is 11.6 Å². The maximum absolute atomic E-state index is 12.0. The fourth-order valence-electron chi connectivity index (χ4n) is 2.41. The van der Waals surface area contributed by atoms with Gasteiger partial charge in [-0.25, -0.2) is 0 Å². The summed E-state index contributed by atoms with van der Waals surface area (Å²) in [5.41, 5.74) is 2.23. The number of amides is 2. The molecule has 1 aromatic carbocycles. The second-order valence-corrected chi connectivity index (χ2v) is 5.07. The van der Waals surface area contributed by atoms with E-state index in [1.807, 2.05) is 13.0 Å². The molecule has 1 saturated heterocycles. The molecular weight excluding hydrogens is 264 g/mol. The van der Waals surface area contributed by atoms with Crippen molar-refractivity contribution in [2.45, 2.75) is 13.3 Å². The Labute approximate surface area is 117 Å². The van der Waals surface area contributed by atoms with Crippen molar-refractivity contribution in [2.75, 3.05) is 24.4 Å². The first-order valence-corrected chi connectivity index (χ1v) is 6.80. The van der Waals surface area contributed by atoms with E-state index in [0.29, 0.717) is 24.4 Å². The Bertz CT molecular complexity index is 516. The fourth-order valence-corrected chi connectivity index (χ4v) is 2.62. The highest BCUT2D eigenvalue weighted by Gasteiger charge is 2.31. The van der Waals surface area contributed by atoms with E-state index < -0.39 is 0 Å². The predicted octanol–water partition coefficient (Wildman–Crippen LogP) is 1.95. The molecule has 0 radical (unpaired) electrons. The Kier molecular flexibility index (Phi) is 4.10. The van der Waals surface area contributed by atoms with Crippen LogP contribution in [0.25, 0.3) is 0 Å². The topological polar surface area (TPSA) is 49.4 Å². The number of nitrogens with one attached hydrogen (secondary N) is 1. The first-order chi connectivity index (χ1) is 9.08.